The first-order valence-corrected chi connectivity index (χ1v) is 18.1. The lowest BCUT2D eigenvalue weighted by Gasteiger charge is -2.31. The number of nitrogens with two attached hydrogens (primary N) is 1. The van der Waals surface area contributed by atoms with Crippen LogP contribution in [0, 0.1) is 23.2 Å². The van der Waals surface area contributed by atoms with Gasteiger partial charge in [0.1, 0.15) is 36.7 Å². The Labute approximate surface area is 295 Å². The Hall–Kier alpha value is -4.52. The van der Waals surface area contributed by atoms with Crippen molar-refractivity contribution in [2.75, 3.05) is 25.6 Å². The predicted octanol–water partition coefficient (Wildman–Crippen LogP) is 3.90. The Bertz CT molecular complexity index is 1810. The van der Waals surface area contributed by atoms with E-state index in [4.69, 9.17) is 38.5 Å². The van der Waals surface area contributed by atoms with Crippen LogP contribution in [0.3, 0.4) is 0 Å². The van der Waals surface area contributed by atoms with E-state index in [1.807, 2.05) is 6.07 Å². The summed E-state index contributed by atoms with van der Waals surface area (Å²) in [5.74, 6) is -3.30. The summed E-state index contributed by atoms with van der Waals surface area (Å²) in [6, 6.07) is 13.7. The molecule has 4 heterocycles. The second kappa shape index (κ2) is 15.8. The van der Waals surface area contributed by atoms with Crippen LogP contribution in [0.5, 0.6) is 5.75 Å². The fraction of sp³-hybridized carbons (Fsp3) is 0.500. The van der Waals surface area contributed by atoms with Gasteiger partial charge < -0.3 is 33.9 Å². The zero-order valence-corrected chi connectivity index (χ0v) is 29.8. The van der Waals surface area contributed by atoms with E-state index in [2.05, 4.69) is 10.2 Å². The van der Waals surface area contributed by atoms with Crippen molar-refractivity contribution in [2.24, 2.45) is 11.8 Å². The van der Waals surface area contributed by atoms with Crippen molar-refractivity contribution in [1.29, 1.82) is 5.26 Å². The fourth-order valence-corrected chi connectivity index (χ4v) is 6.92. The van der Waals surface area contributed by atoms with E-state index in [1.54, 1.807) is 64.1 Å². The van der Waals surface area contributed by atoms with Gasteiger partial charge >= 0.3 is 25.7 Å². The van der Waals surface area contributed by atoms with Crippen molar-refractivity contribution >= 4 is 36.9 Å². The normalized spacial score (nSPS) is 24.9. The number of nitrogen functional groups attached to an aromatic ring is 1. The molecule has 2 aliphatic rings. The Morgan fingerprint density at radius 3 is 2.39 bits per heavy atom. The lowest BCUT2D eigenvalue weighted by Crippen LogP contribution is -2.50. The van der Waals surface area contributed by atoms with E-state index < -0.39 is 80.2 Å². The van der Waals surface area contributed by atoms with Crippen molar-refractivity contribution in [3.63, 3.8) is 0 Å². The van der Waals surface area contributed by atoms with Crippen LogP contribution in [0.2, 0.25) is 0 Å². The minimum absolute atomic E-state index is 0.115. The molecule has 7 atom stereocenters. The number of hydrogen-bond donors (Lipinski definition) is 2. The van der Waals surface area contributed by atoms with Crippen LogP contribution in [0.25, 0.3) is 5.52 Å². The number of anilines is 1. The van der Waals surface area contributed by atoms with E-state index in [-0.39, 0.29) is 12.4 Å². The van der Waals surface area contributed by atoms with Crippen LogP contribution in [0.4, 0.5) is 5.69 Å². The Kier molecular flexibility index (Phi) is 11.7. The smallest absolute Gasteiger partial charge is 0.459 e. The highest BCUT2D eigenvalue weighted by molar-refractivity contribution is 7.52. The van der Waals surface area contributed by atoms with Crippen molar-refractivity contribution in [3.8, 4) is 11.8 Å². The van der Waals surface area contributed by atoms with E-state index in [1.165, 1.54) is 29.8 Å². The number of carbonyl (C=O) groups is 3. The lowest BCUT2D eigenvalue weighted by atomic mass is 9.95. The topological polar surface area (TPSA) is 212 Å². The zero-order chi connectivity index (χ0) is 36.9. The highest BCUT2D eigenvalue weighted by Gasteiger charge is 2.62. The minimum atomic E-state index is -4.57. The molecular formula is C34H42N5O11P. The van der Waals surface area contributed by atoms with Gasteiger partial charge in [-0.3, -0.25) is 18.9 Å². The molecule has 0 radical (unpaired) electrons. The monoisotopic (exact) mass is 727 g/mol. The number of fused-ring (bicyclic) bond motifs is 1. The summed E-state index contributed by atoms with van der Waals surface area (Å²) in [7, 11) is -4.57. The molecule has 0 spiro atoms. The maximum atomic E-state index is 14.5. The summed E-state index contributed by atoms with van der Waals surface area (Å²) in [6.07, 6.45) is -2.78. The lowest BCUT2D eigenvalue weighted by molar-refractivity contribution is -0.173. The van der Waals surface area contributed by atoms with Gasteiger partial charge in [0.05, 0.1) is 41.9 Å². The molecule has 2 saturated heterocycles. The summed E-state index contributed by atoms with van der Waals surface area (Å²) >= 11 is 0. The molecule has 51 heavy (non-hydrogen) atoms. The Morgan fingerprint density at radius 2 is 1.75 bits per heavy atom. The molecule has 0 unspecified atom stereocenters. The number of hydrogen-bond acceptors (Lipinski definition) is 14. The van der Waals surface area contributed by atoms with Gasteiger partial charge in [-0.15, -0.1) is 0 Å². The van der Waals surface area contributed by atoms with E-state index in [9.17, 15) is 24.2 Å². The summed E-state index contributed by atoms with van der Waals surface area (Å²) in [4.78, 5) is 39.3. The van der Waals surface area contributed by atoms with E-state index in [0.717, 1.165) is 0 Å². The number of nitriles is 1. The molecule has 0 amide bonds. The highest BCUT2D eigenvalue weighted by atomic mass is 31.2. The molecular weight excluding hydrogens is 685 g/mol. The number of aromatic nitrogens is 2. The van der Waals surface area contributed by atoms with Gasteiger partial charge in [-0.05, 0) is 37.3 Å². The number of para-hydroxylation sites is 1. The van der Waals surface area contributed by atoms with E-state index >= 15 is 0 Å². The van der Waals surface area contributed by atoms with Gasteiger partial charge in [0.2, 0.25) is 5.60 Å². The molecule has 3 aromatic rings. The number of nitrogens with zero attached hydrogens (tertiary/aromatic N) is 3. The molecule has 2 fully saturated rings. The maximum absolute atomic E-state index is 14.5. The number of ether oxygens (including phenoxy) is 5. The SMILES string of the molecule is CC(C)C(=O)O[C@H]1[C@H](c2ccc3c(N)ccnn23)O[C@](C#N)(CO[P@](=O)(N[C@@H](C)C(=O)O[C@H]2CCOC2)Oc2ccccc2)[C@H]1OC(=O)C(C)C. The van der Waals surface area contributed by atoms with Crippen molar-refractivity contribution in [1.82, 2.24) is 14.7 Å². The Morgan fingerprint density at radius 1 is 1.04 bits per heavy atom. The van der Waals surface area contributed by atoms with Crippen molar-refractivity contribution < 1.29 is 51.7 Å². The zero-order valence-electron chi connectivity index (χ0n) is 28.9. The number of nitrogens with one attached hydrogen (secondary N) is 1. The first-order chi connectivity index (χ1) is 24.3. The van der Waals surface area contributed by atoms with Crippen LogP contribution >= 0.6 is 7.75 Å². The molecule has 0 bridgehead atoms. The summed E-state index contributed by atoms with van der Waals surface area (Å²) < 4.78 is 56.6. The second-order valence-corrected chi connectivity index (χ2v) is 14.6. The van der Waals surface area contributed by atoms with Gasteiger partial charge in [0, 0.05) is 12.6 Å². The number of esters is 3. The third-order valence-electron chi connectivity index (χ3n) is 8.22. The highest BCUT2D eigenvalue weighted by Crippen LogP contribution is 2.50. The second-order valence-electron chi connectivity index (χ2n) is 12.9. The van der Waals surface area contributed by atoms with E-state index in [0.29, 0.717) is 29.9 Å². The Balaban J connectivity index is 1.53. The van der Waals surface area contributed by atoms with Crippen LogP contribution in [0.1, 0.15) is 52.8 Å². The van der Waals surface area contributed by atoms with Crippen LogP contribution in [-0.4, -0.2) is 77.3 Å². The maximum Gasteiger partial charge on any atom is 0.459 e. The molecule has 17 heteroatoms. The minimum Gasteiger partial charge on any atom is -0.459 e. The third-order valence-corrected chi connectivity index (χ3v) is 9.85. The summed E-state index contributed by atoms with van der Waals surface area (Å²) in [6.45, 7) is 7.65. The van der Waals surface area contributed by atoms with Crippen molar-refractivity contribution in [3.05, 3.63) is 60.4 Å². The molecule has 3 N–H and O–H groups in total. The van der Waals surface area contributed by atoms with Crippen molar-refractivity contribution in [2.45, 2.75) is 77.1 Å². The van der Waals surface area contributed by atoms with Gasteiger partial charge in [0.25, 0.3) is 0 Å². The first kappa shape index (κ1) is 37.7. The molecule has 2 aliphatic heterocycles. The van der Waals surface area contributed by atoms with Gasteiger partial charge in [0.15, 0.2) is 12.2 Å². The summed E-state index contributed by atoms with van der Waals surface area (Å²) in [5, 5.41) is 17.8. The predicted molar refractivity (Wildman–Crippen MR) is 180 cm³/mol. The standard InChI is InChI=1S/C34H42N5O11P/c1-20(2)31(40)47-29-28(27-12-11-26-25(36)13-15-37-39(26)27)49-34(18-35,30(29)48-32(41)21(3)4)19-45-51(43,50-23-9-7-6-8-10-23)38-22(5)33(42)46-24-14-16-44-17-24/h6-13,15,20-22,24,28-30H,14,16-17,19,36H2,1-5H3,(H,38,43)/t22-,24-,28-,29-,30-,34+,51+/m0/s1. The molecule has 274 valence electrons. The molecule has 5 rings (SSSR count). The number of benzene rings is 1. The average Bonchev–Trinajstić information content (AvgIpc) is 3.84. The van der Waals surface area contributed by atoms with Crippen LogP contribution in [-0.2, 0) is 47.2 Å². The fourth-order valence-electron chi connectivity index (χ4n) is 5.40. The van der Waals surface area contributed by atoms with Gasteiger partial charge in [-0.1, -0.05) is 45.9 Å². The molecule has 0 saturated carbocycles. The number of carbonyl (C=O) groups excluding carboxylic acids is 3. The largest absolute Gasteiger partial charge is 0.459 e. The number of rotatable bonds is 14. The first-order valence-electron chi connectivity index (χ1n) is 16.5. The molecule has 0 aliphatic carbocycles. The molecule has 16 nitrogen and oxygen atoms in total. The average molecular weight is 728 g/mol. The quantitative estimate of drug-likeness (QED) is 0.137. The van der Waals surface area contributed by atoms with Gasteiger partial charge in [-0.25, -0.2) is 9.08 Å². The summed E-state index contributed by atoms with van der Waals surface area (Å²) in [5.41, 5.74) is 5.14. The van der Waals surface area contributed by atoms with Crippen LogP contribution in [0.15, 0.2) is 54.7 Å². The van der Waals surface area contributed by atoms with Crippen LogP contribution < -0.4 is 15.3 Å². The third kappa shape index (κ3) is 8.52. The molecule has 2 aromatic heterocycles. The molecule has 1 aromatic carbocycles. The van der Waals surface area contributed by atoms with Gasteiger partial charge in [-0.2, -0.15) is 15.4 Å².